The number of nitrogens with zero attached hydrogens (tertiary/aromatic N) is 2. The molecule has 0 radical (unpaired) electrons. The molecule has 0 aromatic carbocycles. The van der Waals surface area contributed by atoms with E-state index < -0.39 is 0 Å². The van der Waals surface area contributed by atoms with Gasteiger partial charge in [0, 0.05) is 32.3 Å². The van der Waals surface area contributed by atoms with Crippen LogP contribution in [0.3, 0.4) is 0 Å². The lowest BCUT2D eigenvalue weighted by atomic mass is 10.1. The van der Waals surface area contributed by atoms with Gasteiger partial charge in [-0.2, -0.15) is 0 Å². The Kier molecular flexibility index (Phi) is 9.86. The predicted octanol–water partition coefficient (Wildman–Crippen LogP) is 2.22. The zero-order valence-electron chi connectivity index (χ0n) is 14.2. The highest BCUT2D eigenvalue weighted by atomic mass is 16.3. The molecule has 0 aliphatic heterocycles. The predicted molar refractivity (Wildman–Crippen MR) is 84.7 cm³/mol. The average molecular weight is 286 g/mol. The maximum atomic E-state index is 12.5. The van der Waals surface area contributed by atoms with Crippen molar-refractivity contribution in [1.82, 2.24) is 9.80 Å². The minimum Gasteiger partial charge on any atom is -0.396 e. The molecule has 0 aliphatic carbocycles. The SMILES string of the molecule is CC(C)CN(CC(C)C)C(=O)CN(CCCO)C(C)C. The summed E-state index contributed by atoms with van der Waals surface area (Å²) in [5.41, 5.74) is 0. The Morgan fingerprint density at radius 3 is 1.85 bits per heavy atom. The average Bonchev–Trinajstić information content (AvgIpc) is 2.31. The van der Waals surface area contributed by atoms with Crippen LogP contribution in [0.2, 0.25) is 0 Å². The Morgan fingerprint density at radius 2 is 1.50 bits per heavy atom. The van der Waals surface area contributed by atoms with Crippen molar-refractivity contribution < 1.29 is 9.90 Å². The molecule has 0 heterocycles. The van der Waals surface area contributed by atoms with E-state index in [0.29, 0.717) is 24.4 Å². The third-order valence-electron chi connectivity index (χ3n) is 3.20. The lowest BCUT2D eigenvalue weighted by Gasteiger charge is -2.31. The maximum Gasteiger partial charge on any atom is 0.236 e. The van der Waals surface area contributed by atoms with Crippen molar-refractivity contribution in [3.05, 3.63) is 0 Å². The monoisotopic (exact) mass is 286 g/mol. The molecule has 0 aromatic rings. The van der Waals surface area contributed by atoms with Crippen molar-refractivity contribution >= 4 is 5.91 Å². The topological polar surface area (TPSA) is 43.8 Å². The largest absolute Gasteiger partial charge is 0.396 e. The van der Waals surface area contributed by atoms with Gasteiger partial charge >= 0.3 is 0 Å². The highest BCUT2D eigenvalue weighted by Crippen LogP contribution is 2.07. The molecule has 0 bridgehead atoms. The number of aliphatic hydroxyl groups excluding tert-OH is 1. The first-order valence-corrected chi connectivity index (χ1v) is 7.90. The van der Waals surface area contributed by atoms with Crippen molar-refractivity contribution in [2.24, 2.45) is 11.8 Å². The van der Waals surface area contributed by atoms with Gasteiger partial charge in [0.15, 0.2) is 0 Å². The molecule has 0 atom stereocenters. The summed E-state index contributed by atoms with van der Waals surface area (Å²) in [5.74, 6) is 1.18. The van der Waals surface area contributed by atoms with Gasteiger partial charge in [-0.3, -0.25) is 9.69 Å². The fraction of sp³-hybridized carbons (Fsp3) is 0.938. The van der Waals surface area contributed by atoms with Crippen LogP contribution in [-0.4, -0.2) is 59.6 Å². The Morgan fingerprint density at radius 1 is 1.00 bits per heavy atom. The number of aliphatic hydroxyl groups is 1. The molecule has 4 nitrogen and oxygen atoms in total. The molecule has 0 spiro atoms. The number of carbonyl (C=O) groups is 1. The molecular formula is C16H34N2O2. The summed E-state index contributed by atoms with van der Waals surface area (Å²) in [6, 6.07) is 0.324. The van der Waals surface area contributed by atoms with Gasteiger partial charge in [0.05, 0.1) is 6.54 Å². The van der Waals surface area contributed by atoms with Gasteiger partial charge in [-0.05, 0) is 32.1 Å². The molecule has 20 heavy (non-hydrogen) atoms. The summed E-state index contributed by atoms with van der Waals surface area (Å²) in [6.07, 6.45) is 0.722. The highest BCUT2D eigenvalue weighted by Gasteiger charge is 2.20. The van der Waals surface area contributed by atoms with Gasteiger partial charge < -0.3 is 10.0 Å². The number of amides is 1. The van der Waals surface area contributed by atoms with Crippen molar-refractivity contribution in [3.8, 4) is 0 Å². The van der Waals surface area contributed by atoms with Gasteiger partial charge in [0.2, 0.25) is 5.91 Å². The zero-order chi connectivity index (χ0) is 15.7. The second kappa shape index (κ2) is 10.2. The summed E-state index contributed by atoms with van der Waals surface area (Å²) in [4.78, 5) is 16.6. The first-order valence-electron chi connectivity index (χ1n) is 7.90. The molecule has 0 saturated heterocycles. The third-order valence-corrected chi connectivity index (χ3v) is 3.20. The van der Waals surface area contributed by atoms with E-state index in [-0.39, 0.29) is 12.5 Å². The minimum absolute atomic E-state index is 0.180. The van der Waals surface area contributed by atoms with Crippen LogP contribution in [0.1, 0.15) is 48.0 Å². The lowest BCUT2D eigenvalue weighted by Crippen LogP contribution is -2.45. The van der Waals surface area contributed by atoms with Gasteiger partial charge in [0.1, 0.15) is 0 Å². The molecule has 120 valence electrons. The molecule has 0 unspecified atom stereocenters. The van der Waals surface area contributed by atoms with Crippen LogP contribution in [0.5, 0.6) is 0 Å². The van der Waals surface area contributed by atoms with E-state index in [1.165, 1.54) is 0 Å². The summed E-state index contributed by atoms with van der Waals surface area (Å²) in [7, 11) is 0. The smallest absolute Gasteiger partial charge is 0.236 e. The lowest BCUT2D eigenvalue weighted by molar-refractivity contribution is -0.134. The zero-order valence-corrected chi connectivity index (χ0v) is 14.2. The van der Waals surface area contributed by atoms with E-state index in [0.717, 1.165) is 26.1 Å². The minimum atomic E-state index is 0.180. The first-order chi connectivity index (χ1) is 9.27. The number of carbonyl (C=O) groups excluding carboxylic acids is 1. The van der Waals surface area contributed by atoms with E-state index in [9.17, 15) is 4.79 Å². The van der Waals surface area contributed by atoms with Crippen LogP contribution in [-0.2, 0) is 4.79 Å². The molecule has 1 N–H and O–H groups in total. The first kappa shape index (κ1) is 19.4. The van der Waals surface area contributed by atoms with Crippen LogP contribution in [0, 0.1) is 11.8 Å². The second-order valence-corrected chi connectivity index (χ2v) is 6.73. The van der Waals surface area contributed by atoms with E-state index in [4.69, 9.17) is 5.11 Å². The Bertz CT molecular complexity index is 255. The van der Waals surface area contributed by atoms with Crippen molar-refractivity contribution in [2.45, 2.75) is 54.0 Å². The molecule has 4 heteroatoms. The Balaban J connectivity index is 4.60. The molecule has 0 saturated carbocycles. The second-order valence-electron chi connectivity index (χ2n) is 6.73. The summed E-state index contributed by atoms with van der Waals surface area (Å²) < 4.78 is 0. The van der Waals surface area contributed by atoms with E-state index >= 15 is 0 Å². The van der Waals surface area contributed by atoms with Gasteiger partial charge in [0.25, 0.3) is 0 Å². The van der Waals surface area contributed by atoms with E-state index in [1.54, 1.807) is 0 Å². The molecule has 0 aliphatic rings. The quantitative estimate of drug-likeness (QED) is 0.670. The highest BCUT2D eigenvalue weighted by molar-refractivity contribution is 5.78. The van der Waals surface area contributed by atoms with Crippen LogP contribution < -0.4 is 0 Å². The number of rotatable bonds is 10. The molecule has 1 amide bonds. The fourth-order valence-corrected chi connectivity index (χ4v) is 2.23. The number of hydrogen-bond donors (Lipinski definition) is 1. The number of hydrogen-bond acceptors (Lipinski definition) is 3. The van der Waals surface area contributed by atoms with E-state index in [1.807, 2.05) is 4.90 Å². The normalized spacial score (nSPS) is 11.9. The standard InChI is InChI=1S/C16H34N2O2/c1-13(2)10-18(11-14(3)4)16(20)12-17(15(5)6)8-7-9-19/h13-15,19H,7-12H2,1-6H3. The summed E-state index contributed by atoms with van der Waals surface area (Å²) in [6.45, 7) is 15.8. The van der Waals surface area contributed by atoms with Crippen molar-refractivity contribution in [1.29, 1.82) is 0 Å². The van der Waals surface area contributed by atoms with Crippen molar-refractivity contribution in [3.63, 3.8) is 0 Å². The molecule has 0 fully saturated rings. The van der Waals surface area contributed by atoms with Crippen molar-refractivity contribution in [2.75, 3.05) is 32.8 Å². The Hall–Kier alpha value is -0.610. The Labute approximate surface area is 125 Å². The van der Waals surface area contributed by atoms with Gasteiger partial charge in [-0.1, -0.05) is 27.7 Å². The van der Waals surface area contributed by atoms with Crippen LogP contribution in [0.4, 0.5) is 0 Å². The summed E-state index contributed by atoms with van der Waals surface area (Å²) in [5, 5.41) is 8.96. The fourth-order valence-electron chi connectivity index (χ4n) is 2.23. The molecular weight excluding hydrogens is 252 g/mol. The van der Waals surface area contributed by atoms with Gasteiger partial charge in [-0.15, -0.1) is 0 Å². The molecule has 0 rings (SSSR count). The van der Waals surface area contributed by atoms with Crippen LogP contribution in [0.25, 0.3) is 0 Å². The van der Waals surface area contributed by atoms with Crippen LogP contribution in [0.15, 0.2) is 0 Å². The van der Waals surface area contributed by atoms with E-state index in [2.05, 4.69) is 46.4 Å². The maximum absolute atomic E-state index is 12.5. The third kappa shape index (κ3) is 8.54. The van der Waals surface area contributed by atoms with Crippen LogP contribution >= 0.6 is 0 Å². The summed E-state index contributed by atoms with van der Waals surface area (Å²) >= 11 is 0. The molecule has 0 aromatic heterocycles. The van der Waals surface area contributed by atoms with Gasteiger partial charge in [-0.25, -0.2) is 0 Å².